The fraction of sp³-hybridized carbons (Fsp3) is 0.909. The summed E-state index contributed by atoms with van der Waals surface area (Å²) in [5.74, 6) is 1.51. The molecule has 1 saturated carbocycles. The van der Waals surface area contributed by atoms with Gasteiger partial charge in [0, 0.05) is 6.61 Å². The summed E-state index contributed by atoms with van der Waals surface area (Å²) >= 11 is 0. The summed E-state index contributed by atoms with van der Waals surface area (Å²) in [6.07, 6.45) is 6.23. The molecule has 0 aromatic heterocycles. The molecule has 1 aliphatic heterocycles. The SMILES string of the molecule is N#CC(C1CCC1)C1CCCOC1. The number of hydrogen-bond acceptors (Lipinski definition) is 2. The zero-order chi connectivity index (χ0) is 9.10. The van der Waals surface area contributed by atoms with Gasteiger partial charge in [-0.15, -0.1) is 0 Å². The van der Waals surface area contributed by atoms with Crippen molar-refractivity contribution < 1.29 is 4.74 Å². The van der Waals surface area contributed by atoms with Crippen LogP contribution in [0.3, 0.4) is 0 Å². The lowest BCUT2D eigenvalue weighted by Crippen LogP contribution is -2.32. The van der Waals surface area contributed by atoms with Gasteiger partial charge in [0.2, 0.25) is 0 Å². The molecule has 0 radical (unpaired) electrons. The summed E-state index contributed by atoms with van der Waals surface area (Å²) in [4.78, 5) is 0. The molecule has 2 fully saturated rings. The van der Waals surface area contributed by atoms with Crippen molar-refractivity contribution in [3.8, 4) is 6.07 Å². The van der Waals surface area contributed by atoms with Crippen molar-refractivity contribution in [2.45, 2.75) is 32.1 Å². The van der Waals surface area contributed by atoms with Crippen molar-refractivity contribution in [3.63, 3.8) is 0 Å². The van der Waals surface area contributed by atoms with Gasteiger partial charge < -0.3 is 4.74 Å². The first kappa shape index (κ1) is 9.02. The average molecular weight is 179 g/mol. The zero-order valence-electron chi connectivity index (χ0n) is 8.04. The van der Waals surface area contributed by atoms with Crippen LogP contribution in [0.4, 0.5) is 0 Å². The Hall–Kier alpha value is -0.550. The van der Waals surface area contributed by atoms with Crippen LogP contribution in [0.2, 0.25) is 0 Å². The third-order valence-corrected chi connectivity index (χ3v) is 3.51. The van der Waals surface area contributed by atoms with E-state index in [0.717, 1.165) is 19.6 Å². The van der Waals surface area contributed by atoms with Gasteiger partial charge in [-0.3, -0.25) is 0 Å². The van der Waals surface area contributed by atoms with E-state index in [2.05, 4.69) is 6.07 Å². The topological polar surface area (TPSA) is 33.0 Å². The highest BCUT2D eigenvalue weighted by atomic mass is 16.5. The number of nitriles is 1. The number of rotatable bonds is 2. The summed E-state index contributed by atoms with van der Waals surface area (Å²) in [6, 6.07) is 2.49. The molecule has 1 heterocycles. The quantitative estimate of drug-likeness (QED) is 0.652. The summed E-state index contributed by atoms with van der Waals surface area (Å²) in [7, 11) is 0. The minimum Gasteiger partial charge on any atom is -0.381 e. The lowest BCUT2D eigenvalue weighted by atomic mass is 9.70. The van der Waals surface area contributed by atoms with Crippen molar-refractivity contribution in [1.82, 2.24) is 0 Å². The molecule has 72 valence electrons. The van der Waals surface area contributed by atoms with Gasteiger partial charge in [0.1, 0.15) is 0 Å². The molecular weight excluding hydrogens is 162 g/mol. The van der Waals surface area contributed by atoms with E-state index in [0.29, 0.717) is 11.8 Å². The van der Waals surface area contributed by atoms with Gasteiger partial charge in [-0.1, -0.05) is 6.42 Å². The van der Waals surface area contributed by atoms with Crippen LogP contribution >= 0.6 is 0 Å². The average Bonchev–Trinajstić information content (AvgIpc) is 2.12. The van der Waals surface area contributed by atoms with Crippen molar-refractivity contribution >= 4 is 0 Å². The van der Waals surface area contributed by atoms with Crippen LogP contribution in [0.25, 0.3) is 0 Å². The van der Waals surface area contributed by atoms with Gasteiger partial charge in [-0.25, -0.2) is 0 Å². The van der Waals surface area contributed by atoms with Crippen LogP contribution in [-0.4, -0.2) is 13.2 Å². The lowest BCUT2D eigenvalue weighted by Gasteiger charge is -2.36. The van der Waals surface area contributed by atoms with Crippen LogP contribution in [0.1, 0.15) is 32.1 Å². The third-order valence-electron chi connectivity index (χ3n) is 3.51. The minimum absolute atomic E-state index is 0.286. The lowest BCUT2D eigenvalue weighted by molar-refractivity contribution is 0.0201. The smallest absolute Gasteiger partial charge is 0.0662 e. The van der Waals surface area contributed by atoms with E-state index < -0.39 is 0 Å². The molecule has 0 spiro atoms. The number of hydrogen-bond donors (Lipinski definition) is 0. The Labute approximate surface area is 79.9 Å². The molecule has 0 aromatic carbocycles. The van der Waals surface area contributed by atoms with E-state index in [4.69, 9.17) is 10.00 Å². The first-order chi connectivity index (χ1) is 6.42. The second kappa shape index (κ2) is 4.11. The predicted octanol–water partition coefficient (Wildman–Crippen LogP) is 2.35. The third kappa shape index (κ3) is 1.86. The Kier molecular flexibility index (Phi) is 2.85. The summed E-state index contributed by atoms with van der Waals surface area (Å²) in [5.41, 5.74) is 0. The molecule has 2 aliphatic rings. The second-order valence-corrected chi connectivity index (χ2v) is 4.32. The Balaban J connectivity index is 1.90. The van der Waals surface area contributed by atoms with E-state index in [1.165, 1.54) is 25.7 Å². The maximum absolute atomic E-state index is 9.11. The molecule has 1 saturated heterocycles. The summed E-state index contributed by atoms with van der Waals surface area (Å²) in [5, 5.41) is 9.11. The van der Waals surface area contributed by atoms with Gasteiger partial charge in [-0.05, 0) is 37.5 Å². The van der Waals surface area contributed by atoms with E-state index in [-0.39, 0.29) is 5.92 Å². The minimum atomic E-state index is 0.286. The number of nitrogens with zero attached hydrogens (tertiary/aromatic N) is 1. The van der Waals surface area contributed by atoms with Crippen LogP contribution in [-0.2, 0) is 4.74 Å². The maximum atomic E-state index is 9.11. The molecule has 1 aliphatic carbocycles. The van der Waals surface area contributed by atoms with Gasteiger partial charge >= 0.3 is 0 Å². The van der Waals surface area contributed by atoms with Crippen molar-refractivity contribution in [2.24, 2.45) is 17.8 Å². The molecule has 13 heavy (non-hydrogen) atoms. The summed E-state index contributed by atoms with van der Waals surface area (Å²) in [6.45, 7) is 1.73. The van der Waals surface area contributed by atoms with Gasteiger partial charge in [0.05, 0.1) is 18.6 Å². The normalized spacial score (nSPS) is 31.8. The molecule has 2 nitrogen and oxygen atoms in total. The van der Waals surface area contributed by atoms with Crippen molar-refractivity contribution in [1.29, 1.82) is 5.26 Å². The Bertz CT molecular complexity index is 199. The molecule has 0 bridgehead atoms. The van der Waals surface area contributed by atoms with Crippen molar-refractivity contribution in [3.05, 3.63) is 0 Å². The Morgan fingerprint density at radius 1 is 1.15 bits per heavy atom. The zero-order valence-corrected chi connectivity index (χ0v) is 8.04. The predicted molar refractivity (Wildman–Crippen MR) is 50.0 cm³/mol. The fourth-order valence-corrected chi connectivity index (χ4v) is 2.44. The van der Waals surface area contributed by atoms with Crippen LogP contribution in [0, 0.1) is 29.1 Å². The van der Waals surface area contributed by atoms with Gasteiger partial charge in [0.25, 0.3) is 0 Å². The Morgan fingerprint density at radius 2 is 1.92 bits per heavy atom. The van der Waals surface area contributed by atoms with Gasteiger partial charge in [0.15, 0.2) is 0 Å². The first-order valence-corrected chi connectivity index (χ1v) is 5.39. The first-order valence-electron chi connectivity index (χ1n) is 5.39. The van der Waals surface area contributed by atoms with E-state index >= 15 is 0 Å². The van der Waals surface area contributed by atoms with Crippen LogP contribution in [0.15, 0.2) is 0 Å². The number of ether oxygens (including phenoxy) is 1. The fourth-order valence-electron chi connectivity index (χ4n) is 2.44. The highest BCUT2D eigenvalue weighted by molar-refractivity contribution is 4.96. The molecule has 2 atom stereocenters. The highest BCUT2D eigenvalue weighted by Gasteiger charge is 2.34. The van der Waals surface area contributed by atoms with Crippen LogP contribution in [0.5, 0.6) is 0 Å². The highest BCUT2D eigenvalue weighted by Crippen LogP contribution is 2.39. The maximum Gasteiger partial charge on any atom is 0.0662 e. The Morgan fingerprint density at radius 3 is 2.38 bits per heavy atom. The van der Waals surface area contributed by atoms with Gasteiger partial charge in [-0.2, -0.15) is 5.26 Å². The molecule has 0 N–H and O–H groups in total. The van der Waals surface area contributed by atoms with Crippen LogP contribution < -0.4 is 0 Å². The standard InChI is InChI=1S/C11H17NO/c12-7-11(9-3-1-4-9)10-5-2-6-13-8-10/h9-11H,1-6,8H2. The van der Waals surface area contributed by atoms with E-state index in [9.17, 15) is 0 Å². The second-order valence-electron chi connectivity index (χ2n) is 4.32. The molecule has 2 rings (SSSR count). The summed E-state index contributed by atoms with van der Waals surface area (Å²) < 4.78 is 5.43. The molecule has 2 heteroatoms. The van der Waals surface area contributed by atoms with E-state index in [1.54, 1.807) is 0 Å². The van der Waals surface area contributed by atoms with E-state index in [1.807, 2.05) is 0 Å². The molecular formula is C11H17NO. The molecule has 0 amide bonds. The largest absolute Gasteiger partial charge is 0.381 e. The molecule has 2 unspecified atom stereocenters. The monoisotopic (exact) mass is 179 g/mol. The molecule has 0 aromatic rings. The van der Waals surface area contributed by atoms with Crippen molar-refractivity contribution in [2.75, 3.05) is 13.2 Å².